The Morgan fingerprint density at radius 1 is 1.71 bits per heavy atom. The van der Waals surface area contributed by atoms with Crippen molar-refractivity contribution in [1.82, 2.24) is 15.1 Å². The van der Waals surface area contributed by atoms with Crippen molar-refractivity contribution in [3.05, 3.63) is 29.6 Å². The zero-order valence-electron chi connectivity index (χ0n) is 9.46. The average molecular weight is 193 g/mol. The number of hydrogen-bond donors (Lipinski definition) is 1. The first-order valence-corrected chi connectivity index (χ1v) is 4.95. The minimum atomic E-state index is 0.202. The van der Waals surface area contributed by atoms with Crippen LogP contribution in [0.25, 0.3) is 0 Å². The molecule has 1 rings (SSSR count). The Bertz CT molecular complexity index is 325. The number of rotatable bonds is 4. The Kier molecular flexibility index (Phi) is 3.47. The van der Waals surface area contributed by atoms with Crippen LogP contribution in [0.15, 0.2) is 18.2 Å². The van der Waals surface area contributed by atoms with E-state index >= 15 is 0 Å². The van der Waals surface area contributed by atoms with Gasteiger partial charge in [0.25, 0.3) is 0 Å². The van der Waals surface area contributed by atoms with Gasteiger partial charge in [0, 0.05) is 7.05 Å². The zero-order valence-corrected chi connectivity index (χ0v) is 9.46. The first-order chi connectivity index (χ1) is 6.60. The maximum absolute atomic E-state index is 4.42. The third-order valence-corrected chi connectivity index (χ3v) is 2.41. The molecule has 0 radical (unpaired) electrons. The molecule has 3 nitrogen and oxygen atoms in total. The van der Waals surface area contributed by atoms with Crippen molar-refractivity contribution in [2.24, 2.45) is 7.05 Å². The van der Waals surface area contributed by atoms with Crippen molar-refractivity contribution in [3.63, 3.8) is 0 Å². The summed E-state index contributed by atoms with van der Waals surface area (Å²) < 4.78 is 1.93. The molecule has 0 bridgehead atoms. The number of hydrogen-bond acceptors (Lipinski definition) is 2. The molecule has 1 atom stereocenters. The van der Waals surface area contributed by atoms with Gasteiger partial charge >= 0.3 is 0 Å². The fourth-order valence-electron chi connectivity index (χ4n) is 1.63. The van der Waals surface area contributed by atoms with E-state index in [1.807, 2.05) is 25.7 Å². The molecular formula is C11H19N3. The Morgan fingerprint density at radius 3 is 2.71 bits per heavy atom. The fourth-order valence-corrected chi connectivity index (χ4v) is 1.63. The molecule has 14 heavy (non-hydrogen) atoms. The lowest BCUT2D eigenvalue weighted by Gasteiger charge is -2.15. The van der Waals surface area contributed by atoms with Crippen molar-refractivity contribution < 1.29 is 0 Å². The van der Waals surface area contributed by atoms with Crippen LogP contribution in [0.3, 0.4) is 0 Å². The standard InChI is InChI=1S/C11H19N3/c1-6-9-7-10(14(5)13-9)11(12-4)8(2)3/h7,11-12H,2,6H2,1,3-5H3. The third-order valence-electron chi connectivity index (χ3n) is 2.41. The van der Waals surface area contributed by atoms with Gasteiger partial charge in [0.15, 0.2) is 0 Å². The average Bonchev–Trinajstić information content (AvgIpc) is 2.48. The van der Waals surface area contributed by atoms with Crippen molar-refractivity contribution in [2.45, 2.75) is 26.3 Å². The van der Waals surface area contributed by atoms with E-state index in [-0.39, 0.29) is 6.04 Å². The van der Waals surface area contributed by atoms with E-state index in [4.69, 9.17) is 0 Å². The molecule has 0 spiro atoms. The zero-order chi connectivity index (χ0) is 10.7. The second-order valence-corrected chi connectivity index (χ2v) is 3.61. The van der Waals surface area contributed by atoms with Crippen LogP contribution in [0.1, 0.15) is 31.3 Å². The number of aromatic nitrogens is 2. The SMILES string of the molecule is C=C(C)C(NC)c1cc(CC)nn1C. The van der Waals surface area contributed by atoms with E-state index in [2.05, 4.69) is 30.0 Å². The topological polar surface area (TPSA) is 29.9 Å². The third kappa shape index (κ3) is 2.04. The first kappa shape index (κ1) is 11.0. The predicted molar refractivity (Wildman–Crippen MR) is 59.2 cm³/mol. The van der Waals surface area contributed by atoms with Gasteiger partial charge in [0.2, 0.25) is 0 Å². The van der Waals surface area contributed by atoms with Crippen LogP contribution >= 0.6 is 0 Å². The lowest BCUT2D eigenvalue weighted by atomic mass is 10.1. The van der Waals surface area contributed by atoms with Gasteiger partial charge in [0.1, 0.15) is 0 Å². The predicted octanol–water partition coefficient (Wildman–Crippen LogP) is 1.82. The molecule has 1 N–H and O–H groups in total. The molecule has 0 fully saturated rings. The normalized spacial score (nSPS) is 12.9. The van der Waals surface area contributed by atoms with E-state index in [9.17, 15) is 0 Å². The largest absolute Gasteiger partial charge is 0.308 e. The van der Waals surface area contributed by atoms with Crippen molar-refractivity contribution in [1.29, 1.82) is 0 Å². The smallest absolute Gasteiger partial charge is 0.0699 e. The monoisotopic (exact) mass is 193 g/mol. The molecule has 1 aromatic heterocycles. The molecular weight excluding hydrogens is 174 g/mol. The van der Waals surface area contributed by atoms with Crippen LogP contribution in [0.5, 0.6) is 0 Å². The van der Waals surface area contributed by atoms with Crippen LogP contribution in [0.2, 0.25) is 0 Å². The molecule has 0 saturated heterocycles. The van der Waals surface area contributed by atoms with Crippen LogP contribution in [0, 0.1) is 0 Å². The molecule has 78 valence electrons. The highest BCUT2D eigenvalue weighted by molar-refractivity contribution is 5.21. The summed E-state index contributed by atoms with van der Waals surface area (Å²) in [5.41, 5.74) is 3.42. The van der Waals surface area contributed by atoms with E-state index in [0.29, 0.717) is 0 Å². The molecule has 3 heteroatoms. The van der Waals surface area contributed by atoms with Gasteiger partial charge in [-0.2, -0.15) is 5.10 Å². The summed E-state index contributed by atoms with van der Waals surface area (Å²) in [5.74, 6) is 0. The number of likely N-dealkylation sites (N-methyl/N-ethyl adjacent to an activating group) is 1. The molecule has 0 aliphatic heterocycles. The molecule has 0 saturated carbocycles. The van der Waals surface area contributed by atoms with Crippen molar-refractivity contribution >= 4 is 0 Å². The van der Waals surface area contributed by atoms with Gasteiger partial charge in [-0.3, -0.25) is 4.68 Å². The van der Waals surface area contributed by atoms with Gasteiger partial charge in [-0.1, -0.05) is 19.1 Å². The summed E-state index contributed by atoms with van der Waals surface area (Å²) in [6, 6.07) is 2.34. The van der Waals surface area contributed by atoms with E-state index in [0.717, 1.165) is 17.7 Å². The number of nitrogens with zero attached hydrogens (tertiary/aromatic N) is 2. The molecule has 1 unspecified atom stereocenters. The lowest BCUT2D eigenvalue weighted by molar-refractivity contribution is 0.597. The maximum Gasteiger partial charge on any atom is 0.0699 e. The molecule has 0 aromatic carbocycles. The van der Waals surface area contributed by atoms with Gasteiger partial charge in [-0.25, -0.2) is 0 Å². The molecule has 1 aromatic rings. The second kappa shape index (κ2) is 4.42. The summed E-state index contributed by atoms with van der Waals surface area (Å²) >= 11 is 0. The van der Waals surface area contributed by atoms with Crippen molar-refractivity contribution in [3.8, 4) is 0 Å². The minimum Gasteiger partial charge on any atom is -0.308 e. The summed E-state index contributed by atoms with van der Waals surface area (Å²) in [6.07, 6.45) is 0.973. The van der Waals surface area contributed by atoms with Crippen LogP contribution in [-0.2, 0) is 13.5 Å². The molecule has 0 aliphatic rings. The van der Waals surface area contributed by atoms with Gasteiger partial charge in [-0.05, 0) is 26.5 Å². The highest BCUT2D eigenvalue weighted by Crippen LogP contribution is 2.19. The Balaban J connectivity index is 3.03. The van der Waals surface area contributed by atoms with Crippen LogP contribution < -0.4 is 5.32 Å². The summed E-state index contributed by atoms with van der Waals surface area (Å²) in [6.45, 7) is 8.12. The number of nitrogens with one attached hydrogen (secondary N) is 1. The Labute approximate surface area is 85.8 Å². The molecule has 0 amide bonds. The first-order valence-electron chi connectivity index (χ1n) is 4.95. The molecule has 1 heterocycles. The second-order valence-electron chi connectivity index (χ2n) is 3.61. The quantitative estimate of drug-likeness (QED) is 0.739. The van der Waals surface area contributed by atoms with Gasteiger partial charge in [0.05, 0.1) is 17.4 Å². The van der Waals surface area contributed by atoms with Gasteiger partial charge < -0.3 is 5.32 Å². The summed E-state index contributed by atoms with van der Waals surface area (Å²) in [4.78, 5) is 0. The Morgan fingerprint density at radius 2 is 2.36 bits per heavy atom. The fraction of sp³-hybridized carbons (Fsp3) is 0.545. The highest BCUT2D eigenvalue weighted by Gasteiger charge is 2.14. The van der Waals surface area contributed by atoms with Crippen LogP contribution in [0.4, 0.5) is 0 Å². The van der Waals surface area contributed by atoms with Gasteiger partial charge in [-0.15, -0.1) is 0 Å². The summed E-state index contributed by atoms with van der Waals surface area (Å²) in [5, 5.41) is 7.65. The number of aryl methyl sites for hydroxylation is 2. The molecule has 0 aliphatic carbocycles. The minimum absolute atomic E-state index is 0.202. The van der Waals surface area contributed by atoms with E-state index < -0.39 is 0 Å². The van der Waals surface area contributed by atoms with Crippen molar-refractivity contribution in [2.75, 3.05) is 7.05 Å². The van der Waals surface area contributed by atoms with E-state index in [1.165, 1.54) is 5.69 Å². The summed E-state index contributed by atoms with van der Waals surface area (Å²) in [7, 11) is 3.92. The highest BCUT2D eigenvalue weighted by atomic mass is 15.3. The lowest BCUT2D eigenvalue weighted by Crippen LogP contribution is -2.19. The Hall–Kier alpha value is -1.09. The van der Waals surface area contributed by atoms with E-state index in [1.54, 1.807) is 0 Å². The van der Waals surface area contributed by atoms with Crippen LogP contribution in [-0.4, -0.2) is 16.8 Å². The maximum atomic E-state index is 4.42.